The molecule has 112 valence electrons. The topological polar surface area (TPSA) is 28.2 Å². The molecule has 1 atom stereocenters. The second-order valence-corrected chi connectivity index (χ2v) is 5.80. The Balaban J connectivity index is 2.06. The maximum Gasteiger partial charge on any atom is 0.0572 e. The van der Waals surface area contributed by atoms with E-state index >= 15 is 0 Å². The molecule has 3 nitrogen and oxygen atoms in total. The van der Waals surface area contributed by atoms with Crippen LogP contribution in [-0.4, -0.2) is 24.1 Å². The van der Waals surface area contributed by atoms with E-state index in [0.29, 0.717) is 12.1 Å². The molecule has 1 heterocycles. The lowest BCUT2D eigenvalue weighted by Gasteiger charge is -2.35. The first-order valence-corrected chi connectivity index (χ1v) is 8.22. The minimum atomic E-state index is 0.332. The van der Waals surface area contributed by atoms with E-state index in [2.05, 4.69) is 54.3 Å². The van der Waals surface area contributed by atoms with Gasteiger partial charge >= 0.3 is 0 Å². The lowest BCUT2D eigenvalue weighted by Crippen LogP contribution is -2.36. The average molecular weight is 275 g/mol. The monoisotopic (exact) mass is 275 g/mol. The van der Waals surface area contributed by atoms with E-state index in [4.69, 9.17) is 0 Å². The minimum Gasteiger partial charge on any atom is -0.368 e. The van der Waals surface area contributed by atoms with Crippen LogP contribution in [0.25, 0.3) is 0 Å². The summed E-state index contributed by atoms with van der Waals surface area (Å²) >= 11 is 0. The van der Waals surface area contributed by atoms with Crippen LogP contribution in [0.3, 0.4) is 0 Å². The van der Waals surface area contributed by atoms with Gasteiger partial charge < -0.3 is 10.2 Å². The molecule has 1 fully saturated rings. The molecule has 2 rings (SSSR count). The average Bonchev–Trinajstić information content (AvgIpc) is 2.50. The molecular formula is C17H29N3. The summed E-state index contributed by atoms with van der Waals surface area (Å²) in [5.74, 6) is 0. The first kappa shape index (κ1) is 15.3. The highest BCUT2D eigenvalue weighted by Gasteiger charge is 2.20. The molecule has 1 aliphatic carbocycles. The number of rotatable bonds is 6. The number of aromatic nitrogens is 1. The molecule has 0 amide bonds. The van der Waals surface area contributed by atoms with E-state index in [0.717, 1.165) is 18.8 Å². The van der Waals surface area contributed by atoms with Crippen LogP contribution in [0.15, 0.2) is 18.3 Å². The predicted octanol–water partition coefficient (Wildman–Crippen LogP) is 3.91. The molecule has 0 bridgehead atoms. The van der Waals surface area contributed by atoms with Crippen molar-refractivity contribution in [2.24, 2.45) is 0 Å². The van der Waals surface area contributed by atoms with Gasteiger partial charge in [-0.15, -0.1) is 0 Å². The largest absolute Gasteiger partial charge is 0.368 e. The third-order valence-electron chi connectivity index (χ3n) is 4.41. The number of anilines is 1. The zero-order valence-electron chi connectivity index (χ0n) is 13.2. The highest BCUT2D eigenvalue weighted by atomic mass is 15.2. The highest BCUT2D eigenvalue weighted by molar-refractivity contribution is 5.46. The Morgan fingerprint density at radius 3 is 2.55 bits per heavy atom. The fraction of sp³-hybridized carbons (Fsp3) is 0.706. The van der Waals surface area contributed by atoms with Crippen molar-refractivity contribution in [3.63, 3.8) is 0 Å². The number of nitrogens with zero attached hydrogens (tertiary/aromatic N) is 2. The number of hydrogen-bond donors (Lipinski definition) is 1. The minimum absolute atomic E-state index is 0.332. The summed E-state index contributed by atoms with van der Waals surface area (Å²) in [7, 11) is 0. The normalized spacial score (nSPS) is 17.9. The van der Waals surface area contributed by atoms with Crippen molar-refractivity contribution < 1.29 is 0 Å². The summed E-state index contributed by atoms with van der Waals surface area (Å²) < 4.78 is 0. The van der Waals surface area contributed by atoms with Crippen LogP contribution in [0.1, 0.15) is 64.6 Å². The van der Waals surface area contributed by atoms with E-state index in [9.17, 15) is 0 Å². The second kappa shape index (κ2) is 7.63. The number of pyridine rings is 1. The summed E-state index contributed by atoms with van der Waals surface area (Å²) in [4.78, 5) is 7.19. The Hall–Kier alpha value is -1.09. The quantitative estimate of drug-likeness (QED) is 0.853. The molecule has 1 saturated carbocycles. The van der Waals surface area contributed by atoms with Gasteiger partial charge in [0.2, 0.25) is 0 Å². The van der Waals surface area contributed by atoms with Gasteiger partial charge in [0.05, 0.1) is 17.6 Å². The van der Waals surface area contributed by atoms with Crippen molar-refractivity contribution in [2.45, 2.75) is 65.0 Å². The predicted molar refractivity (Wildman–Crippen MR) is 86.2 cm³/mol. The molecule has 20 heavy (non-hydrogen) atoms. The van der Waals surface area contributed by atoms with E-state index in [1.807, 2.05) is 0 Å². The standard InChI is InChI=1S/C17H29N3/c1-4-18-14(3)17-12-11-16(13-19-17)20(5-2)15-9-7-6-8-10-15/h11-15,18H,4-10H2,1-3H3. The fourth-order valence-corrected chi connectivity index (χ4v) is 3.28. The molecule has 0 saturated heterocycles. The first-order chi connectivity index (χ1) is 9.76. The fourth-order valence-electron chi connectivity index (χ4n) is 3.28. The van der Waals surface area contributed by atoms with Crippen molar-refractivity contribution in [1.82, 2.24) is 10.3 Å². The molecular weight excluding hydrogens is 246 g/mol. The molecule has 1 aliphatic rings. The van der Waals surface area contributed by atoms with Crippen LogP contribution < -0.4 is 10.2 Å². The van der Waals surface area contributed by atoms with Gasteiger partial charge in [-0.2, -0.15) is 0 Å². The van der Waals surface area contributed by atoms with Crippen LogP contribution in [0.4, 0.5) is 5.69 Å². The van der Waals surface area contributed by atoms with E-state index < -0.39 is 0 Å². The van der Waals surface area contributed by atoms with Crippen LogP contribution >= 0.6 is 0 Å². The van der Waals surface area contributed by atoms with Crippen molar-refractivity contribution >= 4 is 5.69 Å². The van der Waals surface area contributed by atoms with Gasteiger partial charge in [0.25, 0.3) is 0 Å². The van der Waals surface area contributed by atoms with E-state index in [1.54, 1.807) is 0 Å². The lowest BCUT2D eigenvalue weighted by molar-refractivity contribution is 0.418. The SMILES string of the molecule is CCNC(C)c1ccc(N(CC)C2CCCCC2)cn1. The summed E-state index contributed by atoms with van der Waals surface area (Å²) in [5.41, 5.74) is 2.42. The Kier molecular flexibility index (Phi) is 5.84. The van der Waals surface area contributed by atoms with Crippen molar-refractivity contribution in [2.75, 3.05) is 18.0 Å². The zero-order chi connectivity index (χ0) is 14.4. The molecule has 1 aromatic rings. The number of hydrogen-bond acceptors (Lipinski definition) is 3. The zero-order valence-corrected chi connectivity index (χ0v) is 13.2. The summed E-state index contributed by atoms with van der Waals surface area (Å²) in [5, 5.41) is 3.41. The highest BCUT2D eigenvalue weighted by Crippen LogP contribution is 2.27. The molecule has 1 unspecified atom stereocenters. The van der Waals surface area contributed by atoms with Crippen molar-refractivity contribution in [3.05, 3.63) is 24.0 Å². The first-order valence-electron chi connectivity index (χ1n) is 8.22. The Morgan fingerprint density at radius 2 is 2.00 bits per heavy atom. The molecule has 1 N–H and O–H groups in total. The molecule has 1 aromatic heterocycles. The van der Waals surface area contributed by atoms with Gasteiger partial charge in [0.15, 0.2) is 0 Å². The van der Waals surface area contributed by atoms with Gasteiger partial charge in [-0.1, -0.05) is 26.2 Å². The van der Waals surface area contributed by atoms with Gasteiger partial charge in [-0.05, 0) is 45.4 Å². The van der Waals surface area contributed by atoms with Crippen molar-refractivity contribution in [1.29, 1.82) is 0 Å². The van der Waals surface area contributed by atoms with Crippen LogP contribution in [-0.2, 0) is 0 Å². The summed E-state index contributed by atoms with van der Waals surface area (Å²) in [6.45, 7) is 8.61. The Bertz CT molecular complexity index is 382. The Morgan fingerprint density at radius 1 is 1.25 bits per heavy atom. The van der Waals surface area contributed by atoms with Crippen LogP contribution in [0.5, 0.6) is 0 Å². The molecule has 0 radical (unpaired) electrons. The van der Waals surface area contributed by atoms with Crippen LogP contribution in [0.2, 0.25) is 0 Å². The molecule has 0 aromatic carbocycles. The Labute approximate surface area is 123 Å². The summed E-state index contributed by atoms with van der Waals surface area (Å²) in [6, 6.07) is 5.47. The third-order valence-corrected chi connectivity index (χ3v) is 4.41. The molecule has 0 aliphatic heterocycles. The van der Waals surface area contributed by atoms with E-state index in [-0.39, 0.29) is 0 Å². The van der Waals surface area contributed by atoms with Crippen LogP contribution in [0, 0.1) is 0 Å². The maximum atomic E-state index is 4.66. The lowest BCUT2D eigenvalue weighted by atomic mass is 9.94. The maximum absolute atomic E-state index is 4.66. The molecule has 0 spiro atoms. The van der Waals surface area contributed by atoms with E-state index in [1.165, 1.54) is 37.8 Å². The summed E-state index contributed by atoms with van der Waals surface area (Å²) in [6.07, 6.45) is 8.90. The molecule has 3 heteroatoms. The second-order valence-electron chi connectivity index (χ2n) is 5.80. The van der Waals surface area contributed by atoms with Gasteiger partial charge in [0.1, 0.15) is 0 Å². The van der Waals surface area contributed by atoms with Gasteiger partial charge in [-0.25, -0.2) is 0 Å². The number of nitrogens with one attached hydrogen (secondary N) is 1. The van der Waals surface area contributed by atoms with Gasteiger partial charge in [0, 0.05) is 18.6 Å². The smallest absolute Gasteiger partial charge is 0.0572 e. The van der Waals surface area contributed by atoms with Crippen molar-refractivity contribution in [3.8, 4) is 0 Å². The van der Waals surface area contributed by atoms with Gasteiger partial charge in [-0.3, -0.25) is 4.98 Å². The third kappa shape index (κ3) is 3.72.